The van der Waals surface area contributed by atoms with E-state index >= 15 is 0 Å². The molecule has 0 aliphatic carbocycles. The van der Waals surface area contributed by atoms with E-state index in [4.69, 9.17) is 0 Å². The van der Waals surface area contributed by atoms with Crippen LogP contribution in [-0.4, -0.2) is 32.9 Å². The summed E-state index contributed by atoms with van der Waals surface area (Å²) >= 11 is 2.06. The highest BCUT2D eigenvalue weighted by molar-refractivity contribution is 14.1. The zero-order valence-corrected chi connectivity index (χ0v) is 11.7. The van der Waals surface area contributed by atoms with Crippen molar-refractivity contribution in [1.82, 2.24) is 5.32 Å². The minimum absolute atomic E-state index is 0.0395. The van der Waals surface area contributed by atoms with E-state index in [9.17, 15) is 13.2 Å². The molecule has 88 valence electrons. The number of halogens is 1. The van der Waals surface area contributed by atoms with E-state index in [-0.39, 0.29) is 18.2 Å². The smallest absolute Gasteiger partial charge is 0.252 e. The van der Waals surface area contributed by atoms with Crippen LogP contribution >= 0.6 is 22.6 Å². The van der Waals surface area contributed by atoms with E-state index in [1.165, 1.54) is 0 Å². The lowest BCUT2D eigenvalue weighted by Crippen LogP contribution is -2.29. The number of amides is 1. The fourth-order valence-corrected chi connectivity index (χ4v) is 2.20. The fourth-order valence-electron chi connectivity index (χ4n) is 1.09. The first kappa shape index (κ1) is 13.4. The summed E-state index contributed by atoms with van der Waals surface area (Å²) < 4.78 is 22.6. The summed E-state index contributed by atoms with van der Waals surface area (Å²) in [5.41, 5.74) is 0.566. The minimum Gasteiger partial charge on any atom is -0.351 e. The van der Waals surface area contributed by atoms with Gasteiger partial charge in [0, 0.05) is 16.4 Å². The normalized spacial score (nSPS) is 11.1. The van der Waals surface area contributed by atoms with E-state index in [0.29, 0.717) is 5.56 Å². The van der Waals surface area contributed by atoms with Crippen molar-refractivity contribution in [2.45, 2.75) is 0 Å². The van der Waals surface area contributed by atoms with Crippen LogP contribution < -0.4 is 5.32 Å². The van der Waals surface area contributed by atoms with Crippen molar-refractivity contribution in [2.75, 3.05) is 18.6 Å². The summed E-state index contributed by atoms with van der Waals surface area (Å²) in [6.45, 7) is 0.142. The highest BCUT2D eigenvalue weighted by atomic mass is 127. The first-order valence-electron chi connectivity index (χ1n) is 4.60. The fraction of sp³-hybridized carbons (Fsp3) is 0.300. The number of hydrogen-bond acceptors (Lipinski definition) is 3. The molecule has 0 aliphatic heterocycles. The third-order valence-electron chi connectivity index (χ3n) is 1.88. The molecular formula is C10H12INO3S. The Labute approximate surface area is 108 Å². The minimum atomic E-state index is -3.03. The molecular weight excluding hydrogens is 341 g/mol. The predicted molar refractivity (Wildman–Crippen MR) is 71.2 cm³/mol. The summed E-state index contributed by atoms with van der Waals surface area (Å²) in [5.74, 6) is -0.282. The Morgan fingerprint density at radius 2 is 2.00 bits per heavy atom. The molecule has 16 heavy (non-hydrogen) atoms. The highest BCUT2D eigenvalue weighted by Gasteiger charge is 2.09. The van der Waals surface area contributed by atoms with E-state index < -0.39 is 9.84 Å². The lowest BCUT2D eigenvalue weighted by atomic mass is 10.2. The van der Waals surface area contributed by atoms with Crippen molar-refractivity contribution >= 4 is 38.3 Å². The number of carbonyl (C=O) groups is 1. The van der Waals surface area contributed by atoms with Crippen molar-refractivity contribution in [1.29, 1.82) is 0 Å². The standard InChI is InChI=1S/C10H12INO3S/c1-16(14,15)7-6-12-10(13)8-4-2-3-5-9(8)11/h2-5H,6-7H2,1H3,(H,12,13). The Morgan fingerprint density at radius 3 is 2.56 bits per heavy atom. The van der Waals surface area contributed by atoms with E-state index in [1.807, 2.05) is 12.1 Å². The first-order valence-corrected chi connectivity index (χ1v) is 7.74. The van der Waals surface area contributed by atoms with Gasteiger partial charge < -0.3 is 5.32 Å². The zero-order chi connectivity index (χ0) is 12.2. The van der Waals surface area contributed by atoms with E-state index in [1.54, 1.807) is 12.1 Å². The molecule has 0 spiro atoms. The monoisotopic (exact) mass is 353 g/mol. The van der Waals surface area contributed by atoms with Gasteiger partial charge in [-0.05, 0) is 34.7 Å². The van der Waals surface area contributed by atoms with Crippen molar-refractivity contribution in [2.24, 2.45) is 0 Å². The van der Waals surface area contributed by atoms with Gasteiger partial charge in [-0.15, -0.1) is 0 Å². The van der Waals surface area contributed by atoms with Gasteiger partial charge in [0.1, 0.15) is 9.84 Å². The second kappa shape index (κ2) is 5.62. The first-order chi connectivity index (χ1) is 7.40. The number of rotatable bonds is 4. The topological polar surface area (TPSA) is 63.2 Å². The van der Waals surface area contributed by atoms with Crippen LogP contribution in [-0.2, 0) is 9.84 Å². The summed E-state index contributed by atoms with van der Waals surface area (Å²) in [5, 5.41) is 2.57. The molecule has 0 fully saturated rings. The molecule has 1 N–H and O–H groups in total. The lowest BCUT2D eigenvalue weighted by molar-refractivity contribution is 0.0955. The summed E-state index contributed by atoms with van der Waals surface area (Å²) in [6, 6.07) is 7.15. The number of carbonyl (C=O) groups excluding carboxylic acids is 1. The summed E-state index contributed by atoms with van der Waals surface area (Å²) in [7, 11) is -3.03. The van der Waals surface area contributed by atoms with Crippen LogP contribution in [0.1, 0.15) is 10.4 Å². The Morgan fingerprint density at radius 1 is 1.38 bits per heavy atom. The van der Waals surface area contributed by atoms with Crippen LogP contribution in [0, 0.1) is 3.57 Å². The Bertz CT molecular complexity index is 485. The summed E-state index contributed by atoms with van der Waals surface area (Å²) in [6.07, 6.45) is 1.14. The zero-order valence-electron chi connectivity index (χ0n) is 8.73. The maximum absolute atomic E-state index is 11.6. The van der Waals surface area contributed by atoms with Crippen molar-refractivity contribution in [3.05, 3.63) is 33.4 Å². The van der Waals surface area contributed by atoms with Crippen molar-refractivity contribution in [3.8, 4) is 0 Å². The SMILES string of the molecule is CS(=O)(=O)CCNC(=O)c1ccccc1I. The molecule has 1 amide bonds. The van der Waals surface area contributed by atoms with Crippen molar-refractivity contribution < 1.29 is 13.2 Å². The quantitative estimate of drug-likeness (QED) is 0.824. The molecule has 0 saturated heterocycles. The molecule has 0 unspecified atom stereocenters. The average Bonchev–Trinajstić information content (AvgIpc) is 2.16. The van der Waals surface area contributed by atoms with Crippen LogP contribution in [0.15, 0.2) is 24.3 Å². The molecule has 0 atom stereocenters. The van der Waals surface area contributed by atoms with Gasteiger partial charge in [0.2, 0.25) is 0 Å². The number of benzene rings is 1. The average molecular weight is 353 g/mol. The third-order valence-corrected chi connectivity index (χ3v) is 3.76. The molecule has 6 heteroatoms. The van der Waals surface area contributed by atoms with Crippen LogP contribution in [0.5, 0.6) is 0 Å². The van der Waals surface area contributed by atoms with E-state index in [0.717, 1.165) is 9.83 Å². The van der Waals surface area contributed by atoms with Gasteiger partial charge in [-0.25, -0.2) is 8.42 Å². The molecule has 0 radical (unpaired) electrons. The number of sulfone groups is 1. The molecule has 0 heterocycles. The molecule has 0 bridgehead atoms. The van der Waals surface area contributed by atoms with Crippen LogP contribution in [0.4, 0.5) is 0 Å². The number of nitrogens with one attached hydrogen (secondary N) is 1. The maximum Gasteiger partial charge on any atom is 0.252 e. The van der Waals surface area contributed by atoms with Crippen LogP contribution in [0.25, 0.3) is 0 Å². The second-order valence-electron chi connectivity index (χ2n) is 3.37. The molecule has 1 rings (SSSR count). The van der Waals surface area contributed by atoms with Gasteiger partial charge in [0.05, 0.1) is 11.3 Å². The molecule has 0 aliphatic rings. The molecule has 4 nitrogen and oxygen atoms in total. The Balaban J connectivity index is 2.57. The third kappa shape index (κ3) is 4.48. The molecule has 0 saturated carbocycles. The second-order valence-corrected chi connectivity index (χ2v) is 6.79. The van der Waals surface area contributed by atoms with Gasteiger partial charge in [-0.1, -0.05) is 12.1 Å². The van der Waals surface area contributed by atoms with Crippen molar-refractivity contribution in [3.63, 3.8) is 0 Å². The van der Waals surface area contributed by atoms with Gasteiger partial charge in [0.25, 0.3) is 5.91 Å². The molecule has 0 aromatic heterocycles. The predicted octanol–water partition coefficient (Wildman–Crippen LogP) is 1.07. The van der Waals surface area contributed by atoms with Crippen LogP contribution in [0.3, 0.4) is 0 Å². The van der Waals surface area contributed by atoms with Crippen LogP contribution in [0.2, 0.25) is 0 Å². The lowest BCUT2D eigenvalue weighted by Gasteiger charge is -2.05. The number of hydrogen-bond donors (Lipinski definition) is 1. The Hall–Kier alpha value is -0.630. The van der Waals surface area contributed by atoms with E-state index in [2.05, 4.69) is 27.9 Å². The Kier molecular flexibility index (Phi) is 4.72. The van der Waals surface area contributed by atoms with Gasteiger partial charge in [-0.2, -0.15) is 0 Å². The van der Waals surface area contributed by atoms with Gasteiger partial charge in [0.15, 0.2) is 0 Å². The van der Waals surface area contributed by atoms with Gasteiger partial charge >= 0.3 is 0 Å². The van der Waals surface area contributed by atoms with Gasteiger partial charge in [-0.3, -0.25) is 4.79 Å². The summed E-state index contributed by atoms with van der Waals surface area (Å²) in [4.78, 5) is 11.6. The molecule has 1 aromatic rings. The maximum atomic E-state index is 11.6. The molecule has 1 aromatic carbocycles. The largest absolute Gasteiger partial charge is 0.351 e. The highest BCUT2D eigenvalue weighted by Crippen LogP contribution is 2.10.